The summed E-state index contributed by atoms with van der Waals surface area (Å²) in [5.41, 5.74) is -3.90. The van der Waals surface area contributed by atoms with E-state index in [4.69, 9.17) is 18.9 Å². The van der Waals surface area contributed by atoms with Gasteiger partial charge in [-0.25, -0.2) is 0 Å². The molecule has 1 saturated carbocycles. The van der Waals surface area contributed by atoms with Crippen LogP contribution in [0.5, 0.6) is 0 Å². The maximum atomic E-state index is 14.7. The van der Waals surface area contributed by atoms with E-state index in [1.54, 1.807) is 0 Å². The first-order valence-electron chi connectivity index (χ1n) is 26.6. The van der Waals surface area contributed by atoms with E-state index in [1.165, 1.54) is 90.6 Å². The number of hydrogen-bond acceptors (Lipinski definition) is 9. The van der Waals surface area contributed by atoms with E-state index in [9.17, 15) is 19.2 Å². The minimum atomic E-state index is -1.11. The van der Waals surface area contributed by atoms with Crippen LogP contribution in [0.25, 0.3) is 0 Å². The Morgan fingerprint density at radius 3 is 1.52 bits per heavy atom. The topological polar surface area (TPSA) is 108 Å². The highest BCUT2D eigenvalue weighted by atomic mass is 16.6. The zero-order chi connectivity index (χ0) is 48.2. The second kappa shape index (κ2) is 31.7. The standard InChI is InChI=1S/C55H103NO8/c1-14-18-19-20-21-22-23-24-25-26-27-28-29-30-31-32-40-62-50(59)53(10,15-2)37-38-55(12,51(60)64-47-34-33-46(44(5)6)42-45(47)7)43-54(11,49(58)61-13)36-35-52(8,9)48(57)63-41-39-56(16-3)17-4/h44-47H,14-43H2,1-13H3. The Morgan fingerprint density at radius 2 is 1.05 bits per heavy atom. The summed E-state index contributed by atoms with van der Waals surface area (Å²) in [6.45, 7) is 27.7. The number of methoxy groups -OCH3 is 1. The number of carbonyl (C=O) groups is 4. The Morgan fingerprint density at radius 1 is 0.578 bits per heavy atom. The normalized spacial score (nSPS) is 19.7. The number of nitrogens with zero attached hydrogens (tertiary/aromatic N) is 1. The molecular weight excluding hydrogens is 803 g/mol. The molecule has 0 N–H and O–H groups in total. The summed E-state index contributed by atoms with van der Waals surface area (Å²) < 4.78 is 23.6. The van der Waals surface area contributed by atoms with Crippen molar-refractivity contribution < 1.29 is 38.1 Å². The van der Waals surface area contributed by atoms with Crippen molar-refractivity contribution in [2.75, 3.05) is 40.0 Å². The third kappa shape index (κ3) is 22.1. The molecule has 0 heterocycles. The molecule has 376 valence electrons. The van der Waals surface area contributed by atoms with Crippen molar-refractivity contribution in [2.24, 2.45) is 39.4 Å². The monoisotopic (exact) mass is 906 g/mol. The lowest BCUT2D eigenvalue weighted by atomic mass is 9.65. The third-order valence-corrected chi connectivity index (χ3v) is 15.4. The second-order valence-corrected chi connectivity index (χ2v) is 21.9. The van der Waals surface area contributed by atoms with Gasteiger partial charge < -0.3 is 23.8 Å². The summed E-state index contributed by atoms with van der Waals surface area (Å²) >= 11 is 0. The van der Waals surface area contributed by atoms with Crippen molar-refractivity contribution >= 4 is 23.9 Å². The second-order valence-electron chi connectivity index (χ2n) is 21.9. The average molecular weight is 906 g/mol. The number of esters is 4. The fourth-order valence-corrected chi connectivity index (χ4v) is 9.76. The first-order chi connectivity index (χ1) is 30.3. The van der Waals surface area contributed by atoms with Crippen molar-refractivity contribution in [2.45, 2.75) is 250 Å². The van der Waals surface area contributed by atoms with Crippen LogP contribution in [-0.2, 0) is 38.1 Å². The molecule has 0 aliphatic heterocycles. The van der Waals surface area contributed by atoms with Crippen LogP contribution in [-0.4, -0.2) is 74.8 Å². The van der Waals surface area contributed by atoms with Gasteiger partial charge in [0.2, 0.25) is 0 Å². The van der Waals surface area contributed by atoms with Gasteiger partial charge in [-0.15, -0.1) is 0 Å². The summed E-state index contributed by atoms with van der Waals surface area (Å²) in [5.74, 6) is 0.0831. The molecule has 0 saturated heterocycles. The van der Waals surface area contributed by atoms with Crippen LogP contribution in [0.4, 0.5) is 0 Å². The number of ether oxygens (including phenoxy) is 4. The van der Waals surface area contributed by atoms with Gasteiger partial charge in [0, 0.05) is 6.54 Å². The molecule has 0 aromatic carbocycles. The third-order valence-electron chi connectivity index (χ3n) is 15.4. The maximum absolute atomic E-state index is 14.7. The molecule has 1 aliphatic rings. The first kappa shape index (κ1) is 59.9. The number of rotatable bonds is 37. The van der Waals surface area contributed by atoms with Gasteiger partial charge in [-0.2, -0.15) is 0 Å². The molecule has 6 unspecified atom stereocenters. The Labute approximate surface area is 394 Å². The van der Waals surface area contributed by atoms with Crippen LogP contribution < -0.4 is 0 Å². The van der Waals surface area contributed by atoms with Crippen LogP contribution in [0.3, 0.4) is 0 Å². The fourth-order valence-electron chi connectivity index (χ4n) is 9.76. The Kier molecular flexibility index (Phi) is 29.7. The summed E-state index contributed by atoms with van der Waals surface area (Å²) in [7, 11) is 1.38. The van der Waals surface area contributed by atoms with Crippen molar-refractivity contribution in [3.05, 3.63) is 0 Å². The molecule has 0 spiro atoms. The van der Waals surface area contributed by atoms with Crippen LogP contribution >= 0.6 is 0 Å². The van der Waals surface area contributed by atoms with Gasteiger partial charge in [0.05, 0.1) is 35.4 Å². The molecule has 0 bridgehead atoms. The van der Waals surface area contributed by atoms with Gasteiger partial charge in [-0.3, -0.25) is 19.2 Å². The maximum Gasteiger partial charge on any atom is 0.312 e. The van der Waals surface area contributed by atoms with Gasteiger partial charge in [0.15, 0.2) is 0 Å². The number of likely N-dealkylation sites (N-methyl/N-ethyl adjacent to an activating group) is 1. The summed E-state index contributed by atoms with van der Waals surface area (Å²) in [4.78, 5) is 57.8. The molecule has 64 heavy (non-hydrogen) atoms. The van der Waals surface area contributed by atoms with Gasteiger partial charge in [0.25, 0.3) is 0 Å². The SMILES string of the molecule is CCCCCCCCCCCCCCCCCCOC(=O)C(C)(CC)CCC(C)(CC(C)(CCC(C)(C)C(=O)OCCN(CC)CC)C(=O)OC)C(=O)OC1CCC(C(C)C)CC1C. The van der Waals surface area contributed by atoms with Gasteiger partial charge >= 0.3 is 23.9 Å². The lowest BCUT2D eigenvalue weighted by molar-refractivity contribution is -0.173. The number of unbranched alkanes of at least 4 members (excludes halogenated alkanes) is 15. The Bertz CT molecular complexity index is 1300. The first-order valence-corrected chi connectivity index (χ1v) is 26.6. The molecular formula is C55H103NO8. The molecule has 0 aromatic rings. The van der Waals surface area contributed by atoms with Crippen molar-refractivity contribution in [3.63, 3.8) is 0 Å². The van der Waals surface area contributed by atoms with Crippen molar-refractivity contribution in [1.82, 2.24) is 4.90 Å². The quantitative estimate of drug-likeness (QED) is 0.0342. The highest BCUT2D eigenvalue weighted by molar-refractivity contribution is 5.81. The van der Waals surface area contributed by atoms with E-state index in [-0.39, 0.29) is 36.4 Å². The number of carbonyl (C=O) groups excluding carboxylic acids is 4. The van der Waals surface area contributed by atoms with Crippen LogP contribution in [0.15, 0.2) is 0 Å². The minimum Gasteiger partial charge on any atom is -0.469 e. The van der Waals surface area contributed by atoms with Crippen LogP contribution in [0.1, 0.15) is 244 Å². The summed E-state index contributed by atoms with van der Waals surface area (Å²) in [6.07, 6.45) is 25.4. The van der Waals surface area contributed by atoms with Crippen molar-refractivity contribution in [3.8, 4) is 0 Å². The van der Waals surface area contributed by atoms with E-state index in [0.29, 0.717) is 63.7 Å². The lowest BCUT2D eigenvalue weighted by Gasteiger charge is -2.41. The van der Waals surface area contributed by atoms with E-state index < -0.39 is 27.6 Å². The lowest BCUT2D eigenvalue weighted by Crippen LogP contribution is -2.44. The predicted octanol–water partition coefficient (Wildman–Crippen LogP) is 14.3. The van der Waals surface area contributed by atoms with E-state index >= 15 is 0 Å². The minimum absolute atomic E-state index is 0.155. The van der Waals surface area contributed by atoms with Gasteiger partial charge in [-0.05, 0) is 130 Å². The summed E-state index contributed by atoms with van der Waals surface area (Å²) in [6, 6.07) is 0. The van der Waals surface area contributed by atoms with Gasteiger partial charge in [-0.1, -0.05) is 145 Å². The smallest absolute Gasteiger partial charge is 0.312 e. The Hall–Kier alpha value is -2.16. The molecule has 1 aliphatic carbocycles. The fraction of sp³-hybridized carbons (Fsp3) is 0.927. The highest BCUT2D eigenvalue weighted by Crippen LogP contribution is 2.47. The van der Waals surface area contributed by atoms with Crippen molar-refractivity contribution in [1.29, 1.82) is 0 Å². The molecule has 1 rings (SSSR count). The molecule has 6 atom stereocenters. The van der Waals surface area contributed by atoms with Crippen LogP contribution in [0, 0.1) is 39.4 Å². The van der Waals surface area contributed by atoms with E-state index in [0.717, 1.165) is 51.6 Å². The molecule has 0 amide bonds. The molecule has 1 fully saturated rings. The molecule has 9 heteroatoms. The zero-order valence-electron chi connectivity index (χ0n) is 44.2. The molecule has 9 nitrogen and oxygen atoms in total. The number of hydrogen-bond donors (Lipinski definition) is 0. The van der Waals surface area contributed by atoms with E-state index in [2.05, 4.69) is 46.4 Å². The zero-order valence-corrected chi connectivity index (χ0v) is 44.2. The van der Waals surface area contributed by atoms with Gasteiger partial charge in [0.1, 0.15) is 12.7 Å². The average Bonchev–Trinajstić information content (AvgIpc) is 3.27. The summed E-state index contributed by atoms with van der Waals surface area (Å²) in [5, 5.41) is 0. The Balaban J connectivity index is 2.97. The largest absolute Gasteiger partial charge is 0.469 e. The molecule has 0 aromatic heterocycles. The van der Waals surface area contributed by atoms with Crippen LogP contribution in [0.2, 0.25) is 0 Å². The predicted molar refractivity (Wildman–Crippen MR) is 264 cm³/mol. The highest BCUT2D eigenvalue weighted by Gasteiger charge is 2.49. The molecule has 0 radical (unpaired) electrons. The van der Waals surface area contributed by atoms with E-state index in [1.807, 2.05) is 41.5 Å².